The van der Waals surface area contributed by atoms with Gasteiger partial charge in [-0.05, 0) is 12.1 Å². The lowest BCUT2D eigenvalue weighted by molar-refractivity contribution is 0.0185. The molecule has 1 N–H and O–H groups in total. The lowest BCUT2D eigenvalue weighted by atomic mass is 10.1. The quantitative estimate of drug-likeness (QED) is 0.751. The lowest BCUT2D eigenvalue weighted by Crippen LogP contribution is -2.10. The van der Waals surface area contributed by atoms with Gasteiger partial charge in [-0.3, -0.25) is 9.20 Å². The van der Waals surface area contributed by atoms with Crippen molar-refractivity contribution >= 4 is 11.4 Å². The summed E-state index contributed by atoms with van der Waals surface area (Å²) in [6, 6.07) is 2.88. The number of nitrogens with zero attached hydrogens (tertiary/aromatic N) is 2. The van der Waals surface area contributed by atoms with E-state index in [1.54, 1.807) is 6.07 Å². The van der Waals surface area contributed by atoms with E-state index in [1.165, 1.54) is 31.7 Å². The zero-order valence-electron chi connectivity index (χ0n) is 11.8. The van der Waals surface area contributed by atoms with Gasteiger partial charge in [0.05, 0.1) is 18.1 Å². The van der Waals surface area contributed by atoms with Crippen LogP contribution in [-0.2, 0) is 5.92 Å². The molecule has 0 fully saturated rings. The summed E-state index contributed by atoms with van der Waals surface area (Å²) in [7, 11) is 0. The molecule has 0 aliphatic heterocycles. The number of rotatable bonds is 3. The first kappa shape index (κ1) is 14.2. The number of aromatic hydroxyl groups is 1. The zero-order valence-corrected chi connectivity index (χ0v) is 11.8. The first-order chi connectivity index (χ1) is 10.3. The Morgan fingerprint density at radius 3 is 2.68 bits per heavy atom. The molecule has 0 saturated heterocycles. The highest BCUT2D eigenvalue weighted by Gasteiger charge is 2.31. The molecule has 7 heteroatoms. The predicted molar refractivity (Wildman–Crippen MR) is 74.1 cm³/mol. The van der Waals surface area contributed by atoms with Crippen molar-refractivity contribution in [3.63, 3.8) is 0 Å². The van der Waals surface area contributed by atoms with Crippen molar-refractivity contribution < 1.29 is 23.1 Å². The molecule has 0 amide bonds. The van der Waals surface area contributed by atoms with E-state index in [0.29, 0.717) is 11.1 Å². The van der Waals surface area contributed by atoms with Gasteiger partial charge >= 0.3 is 0 Å². The van der Waals surface area contributed by atoms with Gasteiger partial charge in [-0.15, -0.1) is 0 Å². The molecular formula is C15H12F2N2O3. The third-order valence-corrected chi connectivity index (χ3v) is 3.36. The van der Waals surface area contributed by atoms with Crippen LogP contribution in [0.15, 0.2) is 35.3 Å². The molecule has 0 bridgehead atoms. The first-order valence-corrected chi connectivity index (χ1v) is 6.46. The van der Waals surface area contributed by atoms with E-state index in [4.69, 9.17) is 4.42 Å². The van der Waals surface area contributed by atoms with Crippen molar-refractivity contribution in [2.45, 2.75) is 19.8 Å². The standard InChI is InChI=1S/C15H12F2N2O3/c1-8(20)12-14(21)19-6-10(9-3-4-22-7-9)5-11(13(19)18-12)15(2,16)17/h3-7,21H,1-2H3. The maximum Gasteiger partial charge on any atom is 0.274 e. The number of aromatic nitrogens is 2. The molecule has 3 aromatic rings. The van der Waals surface area contributed by atoms with Crippen LogP contribution in [0.25, 0.3) is 16.8 Å². The van der Waals surface area contributed by atoms with Gasteiger partial charge in [0, 0.05) is 31.2 Å². The minimum Gasteiger partial charge on any atom is -0.493 e. The van der Waals surface area contributed by atoms with Crippen LogP contribution in [0.2, 0.25) is 0 Å². The Morgan fingerprint density at radius 1 is 1.41 bits per heavy atom. The highest BCUT2D eigenvalue weighted by Crippen LogP contribution is 2.36. The Hall–Kier alpha value is -2.70. The third-order valence-electron chi connectivity index (χ3n) is 3.36. The number of fused-ring (bicyclic) bond motifs is 1. The fourth-order valence-electron chi connectivity index (χ4n) is 2.28. The summed E-state index contributed by atoms with van der Waals surface area (Å²) in [6.45, 7) is 1.95. The molecule has 3 rings (SSSR count). The van der Waals surface area contributed by atoms with Crippen LogP contribution in [-0.4, -0.2) is 20.3 Å². The van der Waals surface area contributed by atoms with Crippen molar-refractivity contribution in [2.75, 3.05) is 0 Å². The van der Waals surface area contributed by atoms with Gasteiger partial charge in [-0.2, -0.15) is 0 Å². The number of hydrogen-bond acceptors (Lipinski definition) is 4. The number of halogens is 2. The molecule has 0 saturated carbocycles. The van der Waals surface area contributed by atoms with Gasteiger partial charge in [-0.1, -0.05) is 0 Å². The lowest BCUT2D eigenvalue weighted by Gasteiger charge is -2.13. The molecule has 114 valence electrons. The van der Waals surface area contributed by atoms with Crippen molar-refractivity contribution in [1.82, 2.24) is 9.38 Å². The number of imidazole rings is 1. The molecule has 0 aliphatic carbocycles. The van der Waals surface area contributed by atoms with Gasteiger partial charge in [-0.25, -0.2) is 13.8 Å². The Labute approximate surface area is 123 Å². The van der Waals surface area contributed by atoms with E-state index >= 15 is 0 Å². The fraction of sp³-hybridized carbons (Fsp3) is 0.200. The van der Waals surface area contributed by atoms with Crippen molar-refractivity contribution in [2.24, 2.45) is 0 Å². The monoisotopic (exact) mass is 306 g/mol. The van der Waals surface area contributed by atoms with Crippen LogP contribution in [0.1, 0.15) is 29.9 Å². The van der Waals surface area contributed by atoms with Crippen LogP contribution in [0.4, 0.5) is 8.78 Å². The molecule has 0 aromatic carbocycles. The molecule has 22 heavy (non-hydrogen) atoms. The number of pyridine rings is 1. The second-order valence-corrected chi connectivity index (χ2v) is 5.08. The minimum atomic E-state index is -3.19. The summed E-state index contributed by atoms with van der Waals surface area (Å²) in [6.07, 6.45) is 4.25. The SMILES string of the molecule is CC(=O)c1nc2c(C(C)(F)F)cc(-c3ccoc3)cn2c1O. The molecule has 0 atom stereocenters. The molecule has 0 radical (unpaired) electrons. The predicted octanol–water partition coefficient (Wildman–Crippen LogP) is 3.61. The zero-order chi connectivity index (χ0) is 16.1. The Kier molecular flexibility index (Phi) is 3.01. The van der Waals surface area contributed by atoms with E-state index in [1.807, 2.05) is 0 Å². The summed E-state index contributed by atoms with van der Waals surface area (Å²) >= 11 is 0. The van der Waals surface area contributed by atoms with Crippen LogP contribution in [0.3, 0.4) is 0 Å². The summed E-state index contributed by atoms with van der Waals surface area (Å²) in [5.41, 5.74) is 0.219. The maximum absolute atomic E-state index is 13.9. The number of carbonyl (C=O) groups excluding carboxylic acids is 1. The number of furan rings is 1. The van der Waals surface area contributed by atoms with E-state index in [2.05, 4.69) is 4.98 Å². The average molecular weight is 306 g/mol. The Morgan fingerprint density at radius 2 is 2.14 bits per heavy atom. The molecular weight excluding hydrogens is 294 g/mol. The van der Waals surface area contributed by atoms with Gasteiger partial charge in [0.2, 0.25) is 5.88 Å². The van der Waals surface area contributed by atoms with Crippen molar-refractivity contribution in [3.8, 4) is 17.0 Å². The van der Waals surface area contributed by atoms with Crippen LogP contribution < -0.4 is 0 Å². The first-order valence-electron chi connectivity index (χ1n) is 6.46. The van der Waals surface area contributed by atoms with Gasteiger partial charge < -0.3 is 9.52 Å². The van der Waals surface area contributed by atoms with Gasteiger partial charge in [0.25, 0.3) is 5.92 Å². The maximum atomic E-state index is 13.9. The van der Waals surface area contributed by atoms with Crippen LogP contribution in [0.5, 0.6) is 5.88 Å². The molecule has 0 unspecified atom stereocenters. The Bertz CT molecular complexity index is 861. The fourth-order valence-corrected chi connectivity index (χ4v) is 2.28. The normalized spacial score (nSPS) is 12.0. The number of carbonyl (C=O) groups is 1. The summed E-state index contributed by atoms with van der Waals surface area (Å²) in [4.78, 5) is 15.3. The summed E-state index contributed by atoms with van der Waals surface area (Å²) in [5, 5.41) is 10.1. The van der Waals surface area contributed by atoms with E-state index in [9.17, 15) is 18.7 Å². The molecule has 3 aromatic heterocycles. The number of Topliss-reactive ketones (excluding diaryl/α,β-unsaturated/α-hetero) is 1. The number of alkyl halides is 2. The van der Waals surface area contributed by atoms with Crippen LogP contribution >= 0.6 is 0 Å². The van der Waals surface area contributed by atoms with Crippen molar-refractivity contribution in [3.05, 3.63) is 42.1 Å². The van der Waals surface area contributed by atoms with Gasteiger partial charge in [0.15, 0.2) is 11.5 Å². The topological polar surface area (TPSA) is 67.7 Å². The van der Waals surface area contributed by atoms with E-state index < -0.39 is 17.6 Å². The van der Waals surface area contributed by atoms with E-state index in [0.717, 1.165) is 11.3 Å². The van der Waals surface area contributed by atoms with Crippen molar-refractivity contribution in [1.29, 1.82) is 0 Å². The number of ketones is 1. The van der Waals surface area contributed by atoms with E-state index in [-0.39, 0.29) is 16.9 Å². The minimum absolute atomic E-state index is 0.151. The van der Waals surface area contributed by atoms with Crippen LogP contribution in [0, 0.1) is 0 Å². The summed E-state index contributed by atoms with van der Waals surface area (Å²) < 4.78 is 33.9. The molecule has 3 heterocycles. The highest BCUT2D eigenvalue weighted by molar-refractivity contribution is 5.95. The molecule has 0 aliphatic rings. The Balaban J connectivity index is 2.39. The summed E-state index contributed by atoms with van der Waals surface area (Å²) in [5.74, 6) is -4.15. The highest BCUT2D eigenvalue weighted by atomic mass is 19.3. The largest absolute Gasteiger partial charge is 0.493 e. The second-order valence-electron chi connectivity index (χ2n) is 5.08. The molecule has 5 nitrogen and oxygen atoms in total. The molecule has 0 spiro atoms. The smallest absolute Gasteiger partial charge is 0.274 e. The third kappa shape index (κ3) is 2.14. The number of hydrogen-bond donors (Lipinski definition) is 1. The second kappa shape index (κ2) is 4.66. The van der Waals surface area contributed by atoms with Gasteiger partial charge in [0.1, 0.15) is 5.65 Å². The average Bonchev–Trinajstić information content (AvgIpc) is 3.05.